The van der Waals surface area contributed by atoms with Crippen LogP contribution in [0.25, 0.3) is 0 Å². The molecule has 2 aliphatic heterocycles. The number of carbonyl (C=O) groups excluding carboxylic acids is 1. The molecule has 2 aromatic carbocycles. The third kappa shape index (κ3) is 4.03. The van der Waals surface area contributed by atoms with Crippen molar-refractivity contribution in [2.75, 3.05) is 13.2 Å². The van der Waals surface area contributed by atoms with Gasteiger partial charge in [-0.15, -0.1) is 12.4 Å². The van der Waals surface area contributed by atoms with Crippen LogP contribution in [0.4, 0.5) is 0 Å². The predicted molar refractivity (Wildman–Crippen MR) is 109 cm³/mol. The predicted octanol–water partition coefficient (Wildman–Crippen LogP) is 3.38. The molecule has 144 valence electrons. The number of rotatable bonds is 4. The quantitative estimate of drug-likeness (QED) is 0.846. The van der Waals surface area contributed by atoms with E-state index in [0.29, 0.717) is 19.8 Å². The molecular formula is C22H27ClN2O2. The van der Waals surface area contributed by atoms with Gasteiger partial charge in [-0.05, 0) is 42.0 Å². The molecule has 2 aromatic rings. The first kappa shape index (κ1) is 19.9. The number of fused-ring (bicyclic) bond motifs is 1. The van der Waals surface area contributed by atoms with Gasteiger partial charge < -0.3 is 15.4 Å². The van der Waals surface area contributed by atoms with Crippen LogP contribution in [0, 0.1) is 6.92 Å². The molecular weight excluding hydrogens is 360 g/mol. The molecule has 0 saturated carbocycles. The Kier molecular flexibility index (Phi) is 6.20. The Morgan fingerprint density at radius 1 is 1.07 bits per heavy atom. The normalized spacial score (nSPS) is 17.7. The highest BCUT2D eigenvalue weighted by Crippen LogP contribution is 2.35. The van der Waals surface area contributed by atoms with Gasteiger partial charge in [0.25, 0.3) is 0 Å². The van der Waals surface area contributed by atoms with Crippen molar-refractivity contribution in [3.05, 3.63) is 70.3 Å². The average Bonchev–Trinajstić information content (AvgIpc) is 3.15. The highest BCUT2D eigenvalue weighted by atomic mass is 35.5. The van der Waals surface area contributed by atoms with Crippen molar-refractivity contribution in [3.8, 4) is 0 Å². The zero-order chi connectivity index (χ0) is 18.0. The number of hydrogen-bond acceptors (Lipinski definition) is 3. The Labute approximate surface area is 167 Å². The van der Waals surface area contributed by atoms with Gasteiger partial charge in [0.15, 0.2) is 0 Å². The highest BCUT2D eigenvalue weighted by molar-refractivity contribution is 5.88. The van der Waals surface area contributed by atoms with E-state index in [1.165, 1.54) is 16.7 Å². The fourth-order valence-electron chi connectivity index (χ4n) is 4.05. The van der Waals surface area contributed by atoms with Gasteiger partial charge in [-0.25, -0.2) is 0 Å². The van der Waals surface area contributed by atoms with Crippen molar-refractivity contribution < 1.29 is 9.53 Å². The van der Waals surface area contributed by atoms with Gasteiger partial charge in [-0.3, -0.25) is 4.79 Å². The highest BCUT2D eigenvalue weighted by Gasteiger charge is 2.41. The van der Waals surface area contributed by atoms with E-state index >= 15 is 0 Å². The summed E-state index contributed by atoms with van der Waals surface area (Å²) in [6, 6.07) is 14.9. The molecule has 0 spiro atoms. The van der Waals surface area contributed by atoms with Crippen molar-refractivity contribution in [2.45, 2.75) is 44.8 Å². The first-order valence-corrected chi connectivity index (χ1v) is 9.42. The summed E-state index contributed by atoms with van der Waals surface area (Å²) in [6.45, 7) is 5.77. The summed E-state index contributed by atoms with van der Waals surface area (Å²) < 4.78 is 5.55. The molecule has 5 heteroatoms. The maximum Gasteiger partial charge on any atom is 0.231 e. The lowest BCUT2D eigenvalue weighted by molar-refractivity contribution is -0.130. The van der Waals surface area contributed by atoms with Crippen molar-refractivity contribution in [1.82, 2.24) is 10.6 Å². The minimum absolute atomic E-state index is 0. The maximum absolute atomic E-state index is 13.2. The fourth-order valence-corrected chi connectivity index (χ4v) is 4.05. The molecule has 0 atom stereocenters. The van der Waals surface area contributed by atoms with Crippen molar-refractivity contribution in [1.29, 1.82) is 0 Å². The topological polar surface area (TPSA) is 50.4 Å². The number of carbonyl (C=O) groups is 1. The monoisotopic (exact) mass is 386 g/mol. The second-order valence-electron chi connectivity index (χ2n) is 7.45. The Morgan fingerprint density at radius 3 is 2.52 bits per heavy atom. The number of benzene rings is 2. The van der Waals surface area contributed by atoms with Crippen LogP contribution in [0.15, 0.2) is 42.5 Å². The molecule has 0 radical (unpaired) electrons. The van der Waals surface area contributed by atoms with Crippen molar-refractivity contribution >= 4 is 18.3 Å². The molecule has 1 fully saturated rings. The standard InChI is InChI=1S/C22H26N2O2.ClH/c1-16-2-6-20(7-3-16)22(8-10-26-11-9-22)21(25)24-13-17-4-5-18-14-23-15-19(18)12-17;/h2-7,12,23H,8-11,13-15H2,1H3,(H,24,25);1H. The number of nitrogens with one attached hydrogen (secondary N) is 2. The molecule has 0 unspecified atom stereocenters. The molecule has 4 nitrogen and oxygen atoms in total. The van der Waals surface area contributed by atoms with Gasteiger partial charge in [0.05, 0.1) is 5.41 Å². The summed E-state index contributed by atoms with van der Waals surface area (Å²) in [6.07, 6.45) is 1.46. The number of halogens is 1. The average molecular weight is 387 g/mol. The summed E-state index contributed by atoms with van der Waals surface area (Å²) in [5.74, 6) is 0.114. The second-order valence-corrected chi connectivity index (χ2v) is 7.45. The number of hydrogen-bond donors (Lipinski definition) is 2. The van der Waals surface area contributed by atoms with E-state index in [9.17, 15) is 4.79 Å². The van der Waals surface area contributed by atoms with Crippen LogP contribution in [0.1, 0.15) is 40.7 Å². The minimum atomic E-state index is -0.482. The SMILES string of the molecule is Cc1ccc(C2(C(=O)NCc3ccc4c(c3)CNC4)CCOCC2)cc1.Cl. The van der Waals surface area contributed by atoms with Gasteiger partial charge in [0.1, 0.15) is 0 Å². The number of amides is 1. The van der Waals surface area contributed by atoms with Crippen LogP contribution in [0.5, 0.6) is 0 Å². The van der Waals surface area contributed by atoms with Gasteiger partial charge in [0.2, 0.25) is 5.91 Å². The van der Waals surface area contributed by atoms with Gasteiger partial charge >= 0.3 is 0 Å². The molecule has 2 N–H and O–H groups in total. The molecule has 2 aliphatic rings. The lowest BCUT2D eigenvalue weighted by Crippen LogP contribution is -2.47. The first-order chi connectivity index (χ1) is 12.7. The van der Waals surface area contributed by atoms with E-state index in [4.69, 9.17) is 4.74 Å². The molecule has 1 saturated heterocycles. The van der Waals surface area contributed by atoms with E-state index in [1.54, 1.807) is 0 Å². The largest absolute Gasteiger partial charge is 0.381 e. The fraction of sp³-hybridized carbons (Fsp3) is 0.409. The first-order valence-electron chi connectivity index (χ1n) is 9.42. The summed E-state index contributed by atoms with van der Waals surface area (Å²) in [4.78, 5) is 13.2. The van der Waals surface area contributed by atoms with E-state index in [0.717, 1.165) is 37.1 Å². The third-order valence-electron chi connectivity index (χ3n) is 5.74. The smallest absolute Gasteiger partial charge is 0.231 e. The molecule has 0 bridgehead atoms. The molecule has 0 aromatic heterocycles. The molecule has 27 heavy (non-hydrogen) atoms. The van der Waals surface area contributed by atoms with Crippen LogP contribution in [-0.4, -0.2) is 19.1 Å². The van der Waals surface area contributed by atoms with Gasteiger partial charge in [-0.1, -0.05) is 48.0 Å². The van der Waals surface area contributed by atoms with Crippen LogP contribution < -0.4 is 10.6 Å². The van der Waals surface area contributed by atoms with Crippen LogP contribution in [0.2, 0.25) is 0 Å². The molecule has 0 aliphatic carbocycles. The van der Waals surface area contributed by atoms with Crippen molar-refractivity contribution in [3.63, 3.8) is 0 Å². The van der Waals surface area contributed by atoms with E-state index in [2.05, 4.69) is 60.0 Å². The summed E-state index contributed by atoms with van der Waals surface area (Å²) in [5.41, 5.74) is 5.69. The van der Waals surface area contributed by atoms with E-state index < -0.39 is 5.41 Å². The van der Waals surface area contributed by atoms with Crippen LogP contribution in [-0.2, 0) is 34.6 Å². The van der Waals surface area contributed by atoms with Crippen LogP contribution >= 0.6 is 12.4 Å². The molecule has 1 amide bonds. The Balaban J connectivity index is 0.00000210. The molecule has 2 heterocycles. The lowest BCUT2D eigenvalue weighted by atomic mass is 9.73. The number of aryl methyl sites for hydroxylation is 1. The Hall–Kier alpha value is -1.88. The van der Waals surface area contributed by atoms with E-state index in [-0.39, 0.29) is 18.3 Å². The zero-order valence-electron chi connectivity index (χ0n) is 15.7. The minimum Gasteiger partial charge on any atom is -0.381 e. The Bertz CT molecular complexity index is 798. The van der Waals surface area contributed by atoms with E-state index in [1.807, 2.05) is 0 Å². The van der Waals surface area contributed by atoms with Gasteiger partial charge in [-0.2, -0.15) is 0 Å². The Morgan fingerprint density at radius 2 is 1.78 bits per heavy atom. The summed E-state index contributed by atoms with van der Waals surface area (Å²) >= 11 is 0. The van der Waals surface area contributed by atoms with Gasteiger partial charge in [0, 0.05) is 32.8 Å². The number of ether oxygens (including phenoxy) is 1. The lowest BCUT2D eigenvalue weighted by Gasteiger charge is -2.36. The van der Waals surface area contributed by atoms with Crippen LogP contribution in [0.3, 0.4) is 0 Å². The third-order valence-corrected chi connectivity index (χ3v) is 5.74. The second kappa shape index (κ2) is 8.42. The summed E-state index contributed by atoms with van der Waals surface area (Å²) in [7, 11) is 0. The molecule has 4 rings (SSSR count). The zero-order valence-corrected chi connectivity index (χ0v) is 16.5. The van der Waals surface area contributed by atoms with Crippen molar-refractivity contribution in [2.24, 2.45) is 0 Å². The maximum atomic E-state index is 13.2. The summed E-state index contributed by atoms with van der Waals surface area (Å²) in [5, 5.41) is 6.56.